The summed E-state index contributed by atoms with van der Waals surface area (Å²) in [4.78, 5) is 12.2. The number of hydrogen-bond donors (Lipinski definition) is 2. The van der Waals surface area contributed by atoms with Crippen LogP contribution in [0.5, 0.6) is 0 Å². The standard InChI is InChI=1S/C16H21FN2O/c1-11(2)9-12(3)19-16(20)15-7-6-14(17)10-13(15)5-4-8-18/h6-7,10-12H,8-9,18H2,1-3H3,(H,19,20). The predicted molar refractivity (Wildman–Crippen MR) is 78.7 cm³/mol. The van der Waals surface area contributed by atoms with Gasteiger partial charge in [0.25, 0.3) is 5.91 Å². The van der Waals surface area contributed by atoms with Gasteiger partial charge < -0.3 is 11.1 Å². The molecule has 1 amide bonds. The van der Waals surface area contributed by atoms with E-state index < -0.39 is 5.82 Å². The molecule has 20 heavy (non-hydrogen) atoms. The summed E-state index contributed by atoms with van der Waals surface area (Å²) in [5, 5.41) is 2.90. The van der Waals surface area contributed by atoms with Crippen LogP contribution in [0.2, 0.25) is 0 Å². The fraction of sp³-hybridized carbons (Fsp3) is 0.438. The normalized spacial score (nSPS) is 11.7. The molecular weight excluding hydrogens is 255 g/mol. The van der Waals surface area contributed by atoms with E-state index in [-0.39, 0.29) is 18.5 Å². The maximum atomic E-state index is 13.2. The third-order valence-electron chi connectivity index (χ3n) is 2.75. The molecule has 0 saturated heterocycles. The highest BCUT2D eigenvalue weighted by molar-refractivity contribution is 5.96. The topological polar surface area (TPSA) is 55.1 Å². The summed E-state index contributed by atoms with van der Waals surface area (Å²) in [5.41, 5.74) is 6.05. The van der Waals surface area contributed by atoms with Gasteiger partial charge in [-0.05, 0) is 37.5 Å². The molecule has 0 spiro atoms. The number of amides is 1. The quantitative estimate of drug-likeness (QED) is 0.829. The van der Waals surface area contributed by atoms with Crippen molar-refractivity contribution in [2.45, 2.75) is 33.2 Å². The average molecular weight is 276 g/mol. The van der Waals surface area contributed by atoms with Crippen LogP contribution in [0.15, 0.2) is 18.2 Å². The van der Waals surface area contributed by atoms with Crippen molar-refractivity contribution in [3.63, 3.8) is 0 Å². The highest BCUT2D eigenvalue weighted by Crippen LogP contribution is 2.12. The molecule has 0 saturated carbocycles. The number of nitrogens with one attached hydrogen (secondary N) is 1. The Kier molecular flexibility index (Phi) is 6.20. The van der Waals surface area contributed by atoms with Crippen LogP contribution < -0.4 is 11.1 Å². The van der Waals surface area contributed by atoms with E-state index in [1.807, 2.05) is 6.92 Å². The summed E-state index contributed by atoms with van der Waals surface area (Å²) in [7, 11) is 0. The van der Waals surface area contributed by atoms with Crippen molar-refractivity contribution in [2.24, 2.45) is 11.7 Å². The van der Waals surface area contributed by atoms with Gasteiger partial charge in [-0.1, -0.05) is 25.7 Å². The van der Waals surface area contributed by atoms with Gasteiger partial charge in [-0.3, -0.25) is 4.79 Å². The lowest BCUT2D eigenvalue weighted by Crippen LogP contribution is -2.33. The first kappa shape index (κ1) is 16.2. The molecule has 3 nitrogen and oxygen atoms in total. The molecule has 0 aliphatic heterocycles. The number of nitrogens with two attached hydrogens (primary N) is 1. The van der Waals surface area contributed by atoms with E-state index in [1.54, 1.807) is 0 Å². The molecule has 1 aromatic rings. The Hall–Kier alpha value is -1.86. The molecule has 0 bridgehead atoms. The Labute approximate surface area is 119 Å². The Morgan fingerprint density at radius 2 is 2.10 bits per heavy atom. The highest BCUT2D eigenvalue weighted by atomic mass is 19.1. The molecule has 108 valence electrons. The van der Waals surface area contributed by atoms with Gasteiger partial charge in [0.15, 0.2) is 0 Å². The van der Waals surface area contributed by atoms with E-state index in [2.05, 4.69) is 31.0 Å². The van der Waals surface area contributed by atoms with Gasteiger partial charge in [0.1, 0.15) is 5.82 Å². The van der Waals surface area contributed by atoms with Crippen LogP contribution in [0.4, 0.5) is 4.39 Å². The van der Waals surface area contributed by atoms with Gasteiger partial charge in [0.05, 0.1) is 12.1 Å². The molecule has 0 aliphatic rings. The molecule has 0 fully saturated rings. The number of rotatable bonds is 4. The minimum atomic E-state index is -0.418. The van der Waals surface area contributed by atoms with Crippen molar-refractivity contribution >= 4 is 5.91 Å². The van der Waals surface area contributed by atoms with E-state index in [0.717, 1.165) is 6.42 Å². The highest BCUT2D eigenvalue weighted by Gasteiger charge is 2.14. The number of halogens is 1. The molecule has 1 unspecified atom stereocenters. The Bertz CT molecular complexity index is 529. The zero-order valence-corrected chi connectivity index (χ0v) is 12.2. The summed E-state index contributed by atoms with van der Waals surface area (Å²) in [6, 6.07) is 4.02. The summed E-state index contributed by atoms with van der Waals surface area (Å²) in [6.07, 6.45) is 0.886. The van der Waals surface area contributed by atoms with Crippen molar-refractivity contribution in [3.8, 4) is 11.8 Å². The van der Waals surface area contributed by atoms with Gasteiger partial charge in [0.2, 0.25) is 0 Å². The van der Waals surface area contributed by atoms with Crippen molar-refractivity contribution in [1.82, 2.24) is 5.32 Å². The van der Waals surface area contributed by atoms with E-state index in [0.29, 0.717) is 17.0 Å². The van der Waals surface area contributed by atoms with Crippen molar-refractivity contribution in [3.05, 3.63) is 35.1 Å². The van der Waals surface area contributed by atoms with Gasteiger partial charge in [0, 0.05) is 11.6 Å². The molecule has 1 atom stereocenters. The van der Waals surface area contributed by atoms with Crippen LogP contribution in [-0.4, -0.2) is 18.5 Å². The van der Waals surface area contributed by atoms with Crippen LogP contribution in [0.1, 0.15) is 43.1 Å². The lowest BCUT2D eigenvalue weighted by Gasteiger charge is -2.16. The first-order chi connectivity index (χ1) is 9.43. The van der Waals surface area contributed by atoms with Gasteiger partial charge >= 0.3 is 0 Å². The Morgan fingerprint density at radius 1 is 1.40 bits per heavy atom. The maximum absolute atomic E-state index is 13.2. The molecule has 1 aromatic carbocycles. The van der Waals surface area contributed by atoms with Crippen LogP contribution in [0.3, 0.4) is 0 Å². The fourth-order valence-corrected chi connectivity index (χ4v) is 2.03. The van der Waals surface area contributed by atoms with E-state index >= 15 is 0 Å². The summed E-state index contributed by atoms with van der Waals surface area (Å²) in [6.45, 7) is 6.31. The minimum Gasteiger partial charge on any atom is -0.350 e. The Balaban J connectivity index is 2.92. The zero-order chi connectivity index (χ0) is 15.1. The zero-order valence-electron chi connectivity index (χ0n) is 12.2. The summed E-state index contributed by atoms with van der Waals surface area (Å²) < 4.78 is 13.2. The average Bonchev–Trinajstić information content (AvgIpc) is 2.35. The molecule has 0 heterocycles. The minimum absolute atomic E-state index is 0.0582. The molecule has 0 aliphatic carbocycles. The van der Waals surface area contributed by atoms with Gasteiger partial charge in [-0.15, -0.1) is 0 Å². The predicted octanol–water partition coefficient (Wildman–Crippen LogP) is 2.30. The monoisotopic (exact) mass is 276 g/mol. The Morgan fingerprint density at radius 3 is 2.70 bits per heavy atom. The molecule has 0 radical (unpaired) electrons. The second-order valence-corrected chi connectivity index (χ2v) is 5.20. The van der Waals surface area contributed by atoms with Gasteiger partial charge in [-0.2, -0.15) is 0 Å². The smallest absolute Gasteiger partial charge is 0.252 e. The van der Waals surface area contributed by atoms with Crippen molar-refractivity contribution in [2.75, 3.05) is 6.54 Å². The first-order valence-electron chi connectivity index (χ1n) is 6.73. The largest absolute Gasteiger partial charge is 0.350 e. The van der Waals surface area contributed by atoms with Crippen molar-refractivity contribution in [1.29, 1.82) is 0 Å². The molecule has 4 heteroatoms. The third-order valence-corrected chi connectivity index (χ3v) is 2.75. The summed E-state index contributed by atoms with van der Waals surface area (Å²) in [5.74, 6) is 5.22. The SMILES string of the molecule is CC(C)CC(C)NC(=O)c1ccc(F)cc1C#CCN. The maximum Gasteiger partial charge on any atom is 0.252 e. The summed E-state index contributed by atoms with van der Waals surface area (Å²) >= 11 is 0. The van der Waals surface area contributed by atoms with E-state index in [1.165, 1.54) is 18.2 Å². The van der Waals surface area contributed by atoms with Gasteiger partial charge in [-0.25, -0.2) is 4.39 Å². The second-order valence-electron chi connectivity index (χ2n) is 5.20. The second kappa shape index (κ2) is 7.66. The number of benzene rings is 1. The lowest BCUT2D eigenvalue weighted by molar-refractivity contribution is 0.0936. The van der Waals surface area contributed by atoms with Crippen LogP contribution >= 0.6 is 0 Å². The first-order valence-corrected chi connectivity index (χ1v) is 6.73. The van der Waals surface area contributed by atoms with Crippen LogP contribution in [-0.2, 0) is 0 Å². The molecular formula is C16H21FN2O. The molecule has 0 aromatic heterocycles. The third kappa shape index (κ3) is 5.02. The van der Waals surface area contributed by atoms with Crippen LogP contribution in [0.25, 0.3) is 0 Å². The van der Waals surface area contributed by atoms with Crippen LogP contribution in [0, 0.1) is 23.6 Å². The van der Waals surface area contributed by atoms with E-state index in [4.69, 9.17) is 5.73 Å². The number of carbonyl (C=O) groups is 1. The number of hydrogen-bond acceptors (Lipinski definition) is 2. The van der Waals surface area contributed by atoms with E-state index in [9.17, 15) is 9.18 Å². The number of carbonyl (C=O) groups excluding carboxylic acids is 1. The fourth-order valence-electron chi connectivity index (χ4n) is 2.03. The molecule has 3 N–H and O–H groups in total. The lowest BCUT2D eigenvalue weighted by atomic mass is 10.0. The molecule has 1 rings (SSSR count). The van der Waals surface area contributed by atoms with Crippen molar-refractivity contribution < 1.29 is 9.18 Å².